The molecule has 0 aliphatic carbocycles. The molecule has 0 spiro atoms. The summed E-state index contributed by atoms with van der Waals surface area (Å²) in [6.45, 7) is 1.80. The molecule has 0 aromatic heterocycles. The van der Waals surface area contributed by atoms with Crippen molar-refractivity contribution in [2.45, 2.75) is 25.4 Å². The Morgan fingerprint density at radius 2 is 1.92 bits per heavy atom. The maximum atomic E-state index is 12.4. The van der Waals surface area contributed by atoms with Crippen LogP contribution >= 0.6 is 22.6 Å². The van der Waals surface area contributed by atoms with Crippen LogP contribution in [0.2, 0.25) is 0 Å². The zero-order valence-corrected chi connectivity index (χ0v) is 16.3. The lowest BCUT2D eigenvalue weighted by molar-refractivity contribution is 0.0600. The molecule has 2 aromatic rings. The summed E-state index contributed by atoms with van der Waals surface area (Å²) in [6, 6.07) is 13.4. The molecule has 0 saturated heterocycles. The number of methoxy groups -OCH3 is 1. The Hall–Kier alpha value is -1.89. The number of carbonyl (C=O) groups excluding carboxylic acids is 2. The smallest absolute Gasteiger partial charge is 0.337 e. The maximum absolute atomic E-state index is 12.4. The number of hydrogen-bond donors (Lipinski definition) is 0. The summed E-state index contributed by atoms with van der Waals surface area (Å²) in [4.78, 5) is 24.5. The van der Waals surface area contributed by atoms with Crippen LogP contribution in [0.3, 0.4) is 0 Å². The second-order valence-corrected chi connectivity index (χ2v) is 6.79. The van der Waals surface area contributed by atoms with Crippen LogP contribution in [0.25, 0.3) is 0 Å². The SMILES string of the molecule is CCC(=O)c1cc(C(=O)OC)cc2c1O[C@H](CI)[C@H]2c1ccccc1. The van der Waals surface area contributed by atoms with Crippen LogP contribution in [0, 0.1) is 0 Å². The second kappa shape index (κ2) is 7.56. The van der Waals surface area contributed by atoms with Gasteiger partial charge in [0.1, 0.15) is 11.9 Å². The van der Waals surface area contributed by atoms with Crippen LogP contribution in [-0.4, -0.2) is 29.4 Å². The first-order valence-electron chi connectivity index (χ1n) is 8.17. The molecule has 4 nitrogen and oxygen atoms in total. The third kappa shape index (κ3) is 3.29. The highest BCUT2D eigenvalue weighted by Crippen LogP contribution is 2.45. The number of halogens is 1. The molecule has 0 N–H and O–H groups in total. The van der Waals surface area contributed by atoms with Gasteiger partial charge in [-0.05, 0) is 17.7 Å². The van der Waals surface area contributed by atoms with Gasteiger partial charge in [-0.3, -0.25) is 4.79 Å². The van der Waals surface area contributed by atoms with Crippen LogP contribution in [-0.2, 0) is 4.74 Å². The molecule has 3 rings (SSSR count). The van der Waals surface area contributed by atoms with E-state index in [2.05, 4.69) is 34.7 Å². The first-order valence-corrected chi connectivity index (χ1v) is 9.70. The van der Waals surface area contributed by atoms with E-state index in [0.717, 1.165) is 15.6 Å². The van der Waals surface area contributed by atoms with Crippen molar-refractivity contribution in [2.75, 3.05) is 11.5 Å². The Bertz CT molecular complexity index is 801. The van der Waals surface area contributed by atoms with Crippen LogP contribution < -0.4 is 4.74 Å². The minimum absolute atomic E-state index is 0.0129. The molecule has 5 heteroatoms. The molecular formula is C20H19IO4. The van der Waals surface area contributed by atoms with E-state index in [0.29, 0.717) is 23.3 Å². The van der Waals surface area contributed by atoms with Crippen molar-refractivity contribution in [2.24, 2.45) is 0 Å². The van der Waals surface area contributed by atoms with Gasteiger partial charge in [-0.2, -0.15) is 0 Å². The average molecular weight is 450 g/mol. The minimum Gasteiger partial charge on any atom is -0.488 e. The summed E-state index contributed by atoms with van der Waals surface area (Å²) in [5, 5.41) is 0. The van der Waals surface area contributed by atoms with E-state index in [1.54, 1.807) is 19.1 Å². The van der Waals surface area contributed by atoms with Gasteiger partial charge < -0.3 is 9.47 Å². The predicted molar refractivity (Wildman–Crippen MR) is 104 cm³/mol. The van der Waals surface area contributed by atoms with Crippen molar-refractivity contribution in [1.82, 2.24) is 0 Å². The van der Waals surface area contributed by atoms with Crippen molar-refractivity contribution in [3.8, 4) is 5.75 Å². The number of rotatable bonds is 5. The Balaban J connectivity index is 2.21. The van der Waals surface area contributed by atoms with Gasteiger partial charge in [0.2, 0.25) is 0 Å². The topological polar surface area (TPSA) is 52.6 Å². The number of fused-ring (bicyclic) bond motifs is 1. The van der Waals surface area contributed by atoms with E-state index >= 15 is 0 Å². The highest BCUT2D eigenvalue weighted by molar-refractivity contribution is 14.1. The molecule has 2 aromatic carbocycles. The number of ketones is 1. The lowest BCUT2D eigenvalue weighted by atomic mass is 9.86. The van der Waals surface area contributed by atoms with E-state index in [9.17, 15) is 9.59 Å². The van der Waals surface area contributed by atoms with Crippen molar-refractivity contribution in [1.29, 1.82) is 0 Å². The van der Waals surface area contributed by atoms with E-state index in [1.807, 2.05) is 18.2 Å². The zero-order chi connectivity index (χ0) is 18.0. The number of hydrogen-bond acceptors (Lipinski definition) is 4. The number of benzene rings is 2. The molecule has 0 bridgehead atoms. The third-order valence-corrected chi connectivity index (χ3v) is 5.32. The molecule has 130 valence electrons. The molecule has 2 atom stereocenters. The summed E-state index contributed by atoms with van der Waals surface area (Å²) >= 11 is 2.30. The fraction of sp³-hybridized carbons (Fsp3) is 0.300. The molecule has 1 aliphatic rings. The van der Waals surface area contributed by atoms with E-state index in [-0.39, 0.29) is 17.8 Å². The van der Waals surface area contributed by atoms with Gasteiger partial charge in [-0.15, -0.1) is 0 Å². The molecule has 0 amide bonds. The van der Waals surface area contributed by atoms with Gasteiger partial charge in [0, 0.05) is 16.4 Å². The monoisotopic (exact) mass is 450 g/mol. The van der Waals surface area contributed by atoms with E-state index in [4.69, 9.17) is 9.47 Å². The van der Waals surface area contributed by atoms with Crippen LogP contribution in [0.1, 0.15) is 51.1 Å². The lowest BCUT2D eigenvalue weighted by Gasteiger charge is -2.17. The molecule has 0 unspecified atom stereocenters. The Morgan fingerprint density at radius 1 is 1.20 bits per heavy atom. The molecular weight excluding hydrogens is 431 g/mol. The first kappa shape index (κ1) is 17.9. The van der Waals surface area contributed by atoms with Crippen molar-refractivity contribution >= 4 is 34.3 Å². The normalized spacial score (nSPS) is 18.4. The second-order valence-electron chi connectivity index (χ2n) is 5.91. The highest BCUT2D eigenvalue weighted by Gasteiger charge is 2.38. The Labute approximate surface area is 160 Å². The van der Waals surface area contributed by atoms with Crippen molar-refractivity contribution < 1.29 is 19.1 Å². The van der Waals surface area contributed by atoms with Crippen molar-refractivity contribution in [3.63, 3.8) is 0 Å². The first-order chi connectivity index (χ1) is 12.1. The molecule has 1 aliphatic heterocycles. The fourth-order valence-corrected chi connectivity index (χ4v) is 3.93. The number of alkyl halides is 1. The van der Waals surface area contributed by atoms with Gasteiger partial charge in [0.05, 0.1) is 24.2 Å². The summed E-state index contributed by atoms with van der Waals surface area (Å²) in [5.74, 6) is 0.108. The van der Waals surface area contributed by atoms with Crippen LogP contribution in [0.5, 0.6) is 5.75 Å². The zero-order valence-electron chi connectivity index (χ0n) is 14.1. The lowest BCUT2D eigenvalue weighted by Crippen LogP contribution is -2.21. The molecule has 25 heavy (non-hydrogen) atoms. The quantitative estimate of drug-likeness (QED) is 0.294. The Morgan fingerprint density at radius 3 is 2.52 bits per heavy atom. The summed E-state index contributed by atoms with van der Waals surface area (Å²) in [6.07, 6.45) is 0.278. The van der Waals surface area contributed by atoms with E-state index < -0.39 is 5.97 Å². The largest absolute Gasteiger partial charge is 0.488 e. The van der Waals surface area contributed by atoms with Crippen LogP contribution in [0.15, 0.2) is 42.5 Å². The maximum Gasteiger partial charge on any atom is 0.337 e. The average Bonchev–Trinajstić information content (AvgIpc) is 3.05. The summed E-state index contributed by atoms with van der Waals surface area (Å²) < 4.78 is 11.8. The summed E-state index contributed by atoms with van der Waals surface area (Å²) in [7, 11) is 1.34. The highest BCUT2D eigenvalue weighted by atomic mass is 127. The van der Waals surface area contributed by atoms with Gasteiger partial charge in [0.25, 0.3) is 0 Å². The summed E-state index contributed by atoms with van der Waals surface area (Å²) in [5.41, 5.74) is 2.85. The van der Waals surface area contributed by atoms with Gasteiger partial charge in [-0.1, -0.05) is 59.8 Å². The number of ether oxygens (including phenoxy) is 2. The van der Waals surface area contributed by atoms with Crippen molar-refractivity contribution in [3.05, 3.63) is 64.7 Å². The molecule has 1 heterocycles. The molecule has 0 fully saturated rings. The molecule has 0 saturated carbocycles. The molecule has 0 radical (unpaired) electrons. The predicted octanol–water partition coefficient (Wildman–Crippen LogP) is 4.39. The van der Waals surface area contributed by atoms with Gasteiger partial charge in [-0.25, -0.2) is 4.79 Å². The van der Waals surface area contributed by atoms with Gasteiger partial charge in [0.15, 0.2) is 5.78 Å². The van der Waals surface area contributed by atoms with E-state index in [1.165, 1.54) is 7.11 Å². The number of Topliss-reactive ketones (excluding diaryl/α,β-unsaturated/α-hetero) is 1. The number of esters is 1. The third-order valence-electron chi connectivity index (χ3n) is 4.45. The van der Waals surface area contributed by atoms with Gasteiger partial charge >= 0.3 is 5.97 Å². The van der Waals surface area contributed by atoms with Crippen LogP contribution in [0.4, 0.5) is 0 Å². The standard InChI is InChI=1S/C20H19IO4/c1-3-16(22)14-9-13(20(23)24-2)10-15-18(12-7-5-4-6-8-12)17(11-21)25-19(14)15/h4-10,17-18H,3,11H2,1-2H3/t17-,18+/m1/s1. The fourth-order valence-electron chi connectivity index (χ4n) is 3.24. The Kier molecular flexibility index (Phi) is 5.42. The number of carbonyl (C=O) groups is 2. The minimum atomic E-state index is -0.447.